The van der Waals surface area contributed by atoms with Crippen molar-refractivity contribution in [1.29, 1.82) is 0 Å². The lowest BCUT2D eigenvalue weighted by Crippen LogP contribution is -2.41. The minimum atomic E-state index is 0.144. The van der Waals surface area contributed by atoms with Crippen LogP contribution in [0.5, 0.6) is 5.75 Å². The highest BCUT2D eigenvalue weighted by Crippen LogP contribution is 2.39. The Morgan fingerprint density at radius 3 is 2.46 bits per heavy atom. The number of hydrogen-bond acceptors (Lipinski definition) is 4. The second-order valence-electron chi connectivity index (χ2n) is 11.0. The molecule has 196 valence electrons. The Kier molecular flexibility index (Phi) is 7.97. The minimum absolute atomic E-state index is 0.144. The topological polar surface area (TPSA) is 55.6 Å². The summed E-state index contributed by atoms with van der Waals surface area (Å²) in [6, 6.07) is 14.9. The summed E-state index contributed by atoms with van der Waals surface area (Å²) < 4.78 is 10.9. The van der Waals surface area contributed by atoms with Crippen molar-refractivity contribution in [1.82, 2.24) is 4.98 Å². The van der Waals surface area contributed by atoms with Crippen LogP contribution < -0.4 is 9.64 Å². The van der Waals surface area contributed by atoms with Crippen LogP contribution in [0.25, 0.3) is 11.3 Å². The molecular formula is C32H40N2O3. The lowest BCUT2D eigenvalue weighted by Gasteiger charge is -2.35. The molecule has 2 aromatic carbocycles. The SMILES string of the molecule is COc1ccc(C2CCC(CN(C(=O)C3CCCCC3)c3cccc(-c4coc(C)n4)c3)CC2)cc1C. The van der Waals surface area contributed by atoms with Gasteiger partial charge in [-0.2, -0.15) is 0 Å². The number of anilines is 1. The number of carbonyl (C=O) groups is 1. The molecule has 0 spiro atoms. The number of nitrogens with zero attached hydrogens (tertiary/aromatic N) is 2. The smallest absolute Gasteiger partial charge is 0.230 e. The Hall–Kier alpha value is -3.08. The fourth-order valence-corrected chi connectivity index (χ4v) is 6.31. The number of aromatic nitrogens is 1. The number of rotatable bonds is 7. The van der Waals surface area contributed by atoms with E-state index in [0.717, 1.165) is 67.8 Å². The van der Waals surface area contributed by atoms with Crippen molar-refractivity contribution in [2.75, 3.05) is 18.6 Å². The van der Waals surface area contributed by atoms with E-state index in [-0.39, 0.29) is 5.92 Å². The molecule has 0 N–H and O–H groups in total. The number of oxazole rings is 1. The van der Waals surface area contributed by atoms with Crippen molar-refractivity contribution in [3.63, 3.8) is 0 Å². The number of methoxy groups -OCH3 is 1. The molecule has 2 saturated carbocycles. The van der Waals surface area contributed by atoms with Crippen molar-refractivity contribution in [2.24, 2.45) is 11.8 Å². The van der Waals surface area contributed by atoms with Crippen molar-refractivity contribution in [3.05, 3.63) is 65.7 Å². The van der Waals surface area contributed by atoms with Crippen LogP contribution in [0.15, 0.2) is 53.1 Å². The maximum Gasteiger partial charge on any atom is 0.230 e. The van der Waals surface area contributed by atoms with Gasteiger partial charge in [-0.3, -0.25) is 4.79 Å². The highest BCUT2D eigenvalue weighted by Gasteiger charge is 2.31. The first-order chi connectivity index (χ1) is 18.0. The molecule has 1 amide bonds. The molecule has 0 atom stereocenters. The van der Waals surface area contributed by atoms with Crippen LogP contribution in [-0.4, -0.2) is 24.5 Å². The molecule has 5 rings (SSSR count). The van der Waals surface area contributed by atoms with Gasteiger partial charge in [-0.15, -0.1) is 0 Å². The fraction of sp³-hybridized carbons (Fsp3) is 0.500. The van der Waals surface area contributed by atoms with Crippen LogP contribution in [0, 0.1) is 25.7 Å². The number of ether oxygens (including phenoxy) is 1. The Morgan fingerprint density at radius 2 is 1.78 bits per heavy atom. The first kappa shape index (κ1) is 25.6. The van der Waals surface area contributed by atoms with Crippen LogP contribution in [0.1, 0.15) is 80.7 Å². The van der Waals surface area contributed by atoms with E-state index in [2.05, 4.69) is 47.1 Å². The van der Waals surface area contributed by atoms with E-state index in [1.807, 2.05) is 19.1 Å². The summed E-state index contributed by atoms with van der Waals surface area (Å²) in [5.41, 5.74) is 5.42. The Balaban J connectivity index is 1.32. The standard InChI is InChI=1S/C32H40N2O3/c1-22-18-27(16-17-31(22)36-3)25-14-12-24(13-15-25)20-34(32(35)26-8-5-4-6-9-26)29-11-7-10-28(19-29)30-21-37-23(2)33-30/h7,10-11,16-19,21,24-26H,4-6,8-9,12-15,20H2,1-3H3. The van der Waals surface area contributed by atoms with Crippen molar-refractivity contribution in [2.45, 2.75) is 77.6 Å². The maximum absolute atomic E-state index is 13.9. The fourth-order valence-electron chi connectivity index (χ4n) is 6.31. The van der Waals surface area contributed by atoms with Gasteiger partial charge < -0.3 is 14.1 Å². The molecule has 0 bridgehead atoms. The van der Waals surface area contributed by atoms with Gasteiger partial charge in [0.1, 0.15) is 17.7 Å². The first-order valence-corrected chi connectivity index (χ1v) is 14.0. The third-order valence-corrected chi connectivity index (χ3v) is 8.47. The highest BCUT2D eigenvalue weighted by molar-refractivity contribution is 5.95. The van der Waals surface area contributed by atoms with Gasteiger partial charge in [0.2, 0.25) is 5.91 Å². The molecule has 0 aliphatic heterocycles. The normalized spacial score (nSPS) is 20.5. The molecule has 37 heavy (non-hydrogen) atoms. The summed E-state index contributed by atoms with van der Waals surface area (Å²) in [5.74, 6) is 3.16. The number of benzene rings is 2. The molecule has 2 aliphatic rings. The van der Waals surface area contributed by atoms with Gasteiger partial charge in [0, 0.05) is 30.6 Å². The lowest BCUT2D eigenvalue weighted by atomic mass is 9.78. The quantitative estimate of drug-likeness (QED) is 0.331. The van der Waals surface area contributed by atoms with E-state index in [1.165, 1.54) is 30.4 Å². The summed E-state index contributed by atoms with van der Waals surface area (Å²) in [7, 11) is 1.73. The third-order valence-electron chi connectivity index (χ3n) is 8.47. The largest absolute Gasteiger partial charge is 0.496 e. The first-order valence-electron chi connectivity index (χ1n) is 14.0. The van der Waals surface area contributed by atoms with Crippen molar-refractivity contribution < 1.29 is 13.9 Å². The van der Waals surface area contributed by atoms with Gasteiger partial charge in [-0.25, -0.2) is 4.98 Å². The number of carbonyl (C=O) groups excluding carboxylic acids is 1. The number of hydrogen-bond donors (Lipinski definition) is 0. The Morgan fingerprint density at radius 1 is 1.00 bits per heavy atom. The summed E-state index contributed by atoms with van der Waals surface area (Å²) in [4.78, 5) is 20.5. The molecule has 2 aliphatic carbocycles. The minimum Gasteiger partial charge on any atom is -0.496 e. The second kappa shape index (κ2) is 11.5. The van der Waals surface area contributed by atoms with E-state index in [9.17, 15) is 4.79 Å². The second-order valence-corrected chi connectivity index (χ2v) is 11.0. The van der Waals surface area contributed by atoms with Gasteiger partial charge in [0.25, 0.3) is 0 Å². The van der Waals surface area contributed by atoms with E-state index in [4.69, 9.17) is 9.15 Å². The average molecular weight is 501 g/mol. The van der Waals surface area contributed by atoms with E-state index in [1.54, 1.807) is 13.4 Å². The molecule has 2 fully saturated rings. The maximum atomic E-state index is 13.9. The third kappa shape index (κ3) is 5.92. The van der Waals surface area contributed by atoms with Gasteiger partial charge in [-0.05, 0) is 86.6 Å². The summed E-state index contributed by atoms with van der Waals surface area (Å²) >= 11 is 0. The van der Waals surface area contributed by atoms with E-state index in [0.29, 0.717) is 23.6 Å². The molecular weight excluding hydrogens is 460 g/mol. The van der Waals surface area contributed by atoms with Crippen molar-refractivity contribution >= 4 is 11.6 Å². The van der Waals surface area contributed by atoms with E-state index >= 15 is 0 Å². The van der Waals surface area contributed by atoms with Gasteiger partial charge in [-0.1, -0.05) is 43.5 Å². The average Bonchev–Trinajstić information content (AvgIpc) is 3.38. The monoisotopic (exact) mass is 500 g/mol. The molecule has 5 nitrogen and oxygen atoms in total. The molecule has 0 unspecified atom stereocenters. The molecule has 0 saturated heterocycles. The molecule has 0 radical (unpaired) electrons. The van der Waals surface area contributed by atoms with Crippen LogP contribution in [0.3, 0.4) is 0 Å². The van der Waals surface area contributed by atoms with Crippen LogP contribution in [0.2, 0.25) is 0 Å². The van der Waals surface area contributed by atoms with Gasteiger partial charge in [0.05, 0.1) is 7.11 Å². The predicted octanol–water partition coefficient (Wildman–Crippen LogP) is 7.85. The predicted molar refractivity (Wildman–Crippen MR) is 148 cm³/mol. The summed E-state index contributed by atoms with van der Waals surface area (Å²) in [5, 5.41) is 0. The van der Waals surface area contributed by atoms with Crippen LogP contribution >= 0.6 is 0 Å². The zero-order valence-electron chi connectivity index (χ0n) is 22.5. The van der Waals surface area contributed by atoms with E-state index < -0.39 is 0 Å². The van der Waals surface area contributed by atoms with Gasteiger partial charge >= 0.3 is 0 Å². The zero-order valence-corrected chi connectivity index (χ0v) is 22.5. The Bertz CT molecular complexity index is 1200. The van der Waals surface area contributed by atoms with Crippen molar-refractivity contribution in [3.8, 4) is 17.0 Å². The summed E-state index contributed by atoms with van der Waals surface area (Å²) in [6.45, 7) is 4.78. The summed E-state index contributed by atoms with van der Waals surface area (Å²) in [6.07, 6.45) is 11.9. The molecule has 1 aromatic heterocycles. The van der Waals surface area contributed by atoms with Crippen LogP contribution in [-0.2, 0) is 4.79 Å². The number of aryl methyl sites for hydroxylation is 2. The highest BCUT2D eigenvalue weighted by atomic mass is 16.5. The Labute approximate surface area is 221 Å². The molecule has 5 heteroatoms. The van der Waals surface area contributed by atoms with Gasteiger partial charge in [0.15, 0.2) is 5.89 Å². The van der Waals surface area contributed by atoms with Crippen LogP contribution in [0.4, 0.5) is 5.69 Å². The molecule has 1 heterocycles. The number of amides is 1. The molecule has 3 aromatic rings. The zero-order chi connectivity index (χ0) is 25.8. The lowest BCUT2D eigenvalue weighted by molar-refractivity contribution is -0.123.